The second-order valence-electron chi connectivity index (χ2n) is 4.54. The van der Waals surface area contributed by atoms with Crippen LogP contribution in [-0.4, -0.2) is 18.6 Å². The number of aromatic nitrogens is 1. The summed E-state index contributed by atoms with van der Waals surface area (Å²) in [7, 11) is 1.69. The number of nitrogens with zero attached hydrogens (tertiary/aromatic N) is 1. The lowest BCUT2D eigenvalue weighted by Gasteiger charge is -2.16. The molecule has 0 bridgehead atoms. The third kappa shape index (κ3) is 2.93. The standard InChI is InChI=1S/C15H18Br2N2O/c1-4-6-18-12-7-9(5-2)19-14-10(16)8-11(17)15(20-3)13(12)14/h7-8H,4-6H2,1-3H3,(H,18,19). The lowest BCUT2D eigenvalue weighted by Crippen LogP contribution is -2.04. The minimum absolute atomic E-state index is 0.817. The van der Waals surface area contributed by atoms with Crippen molar-refractivity contribution in [2.75, 3.05) is 19.0 Å². The van der Waals surface area contributed by atoms with Crippen molar-refractivity contribution in [1.82, 2.24) is 4.98 Å². The van der Waals surface area contributed by atoms with Crippen molar-refractivity contribution in [3.63, 3.8) is 0 Å². The number of hydrogen-bond donors (Lipinski definition) is 1. The lowest BCUT2D eigenvalue weighted by molar-refractivity contribution is 0.417. The molecule has 0 amide bonds. The van der Waals surface area contributed by atoms with Crippen LogP contribution in [-0.2, 0) is 6.42 Å². The van der Waals surface area contributed by atoms with Gasteiger partial charge in [0.25, 0.3) is 0 Å². The summed E-state index contributed by atoms with van der Waals surface area (Å²) in [4.78, 5) is 4.72. The van der Waals surface area contributed by atoms with Crippen LogP contribution in [0.4, 0.5) is 5.69 Å². The number of methoxy groups -OCH3 is 1. The molecule has 0 spiro atoms. The maximum absolute atomic E-state index is 5.56. The van der Waals surface area contributed by atoms with Crippen molar-refractivity contribution in [2.24, 2.45) is 0 Å². The second-order valence-corrected chi connectivity index (χ2v) is 6.25. The summed E-state index contributed by atoms with van der Waals surface area (Å²) in [5.41, 5.74) is 3.08. The fourth-order valence-corrected chi connectivity index (χ4v) is 3.56. The Morgan fingerprint density at radius 2 is 1.95 bits per heavy atom. The molecular weight excluding hydrogens is 384 g/mol. The van der Waals surface area contributed by atoms with Crippen LogP contribution in [0.15, 0.2) is 21.1 Å². The average molecular weight is 402 g/mol. The SMILES string of the molecule is CCCNc1cc(CC)nc2c(Br)cc(Br)c(OC)c12. The van der Waals surface area contributed by atoms with Gasteiger partial charge >= 0.3 is 0 Å². The van der Waals surface area contributed by atoms with Gasteiger partial charge in [-0.15, -0.1) is 0 Å². The van der Waals surface area contributed by atoms with Crippen LogP contribution >= 0.6 is 31.9 Å². The summed E-state index contributed by atoms with van der Waals surface area (Å²) in [6.07, 6.45) is 1.98. The molecule has 0 saturated heterocycles. The highest BCUT2D eigenvalue weighted by atomic mass is 79.9. The number of ether oxygens (including phenoxy) is 1. The van der Waals surface area contributed by atoms with Crippen molar-refractivity contribution >= 4 is 48.5 Å². The van der Waals surface area contributed by atoms with Gasteiger partial charge in [-0.25, -0.2) is 0 Å². The predicted octanol–water partition coefficient (Wildman–Crippen LogP) is 5.15. The van der Waals surface area contributed by atoms with Gasteiger partial charge in [0.15, 0.2) is 0 Å². The predicted molar refractivity (Wildman–Crippen MR) is 91.9 cm³/mol. The highest BCUT2D eigenvalue weighted by Gasteiger charge is 2.16. The summed E-state index contributed by atoms with van der Waals surface area (Å²) in [6.45, 7) is 5.19. The summed E-state index contributed by atoms with van der Waals surface area (Å²) in [6, 6.07) is 4.09. The third-order valence-electron chi connectivity index (χ3n) is 3.13. The van der Waals surface area contributed by atoms with Crippen LogP contribution in [0.3, 0.4) is 0 Å². The molecule has 1 heterocycles. The summed E-state index contributed by atoms with van der Waals surface area (Å²) in [5, 5.41) is 4.49. The highest BCUT2D eigenvalue weighted by Crippen LogP contribution is 2.41. The van der Waals surface area contributed by atoms with E-state index in [1.165, 1.54) is 0 Å². The normalized spacial score (nSPS) is 10.8. The smallest absolute Gasteiger partial charge is 0.144 e. The van der Waals surface area contributed by atoms with Crippen LogP contribution in [0.5, 0.6) is 5.75 Å². The van der Waals surface area contributed by atoms with Crippen molar-refractivity contribution in [2.45, 2.75) is 26.7 Å². The van der Waals surface area contributed by atoms with Gasteiger partial charge in [-0.3, -0.25) is 4.98 Å². The molecule has 5 heteroatoms. The Morgan fingerprint density at radius 3 is 2.55 bits per heavy atom. The second kappa shape index (κ2) is 6.76. The Labute approximate surface area is 136 Å². The zero-order valence-corrected chi connectivity index (χ0v) is 15.1. The molecule has 1 N–H and O–H groups in total. The molecule has 0 radical (unpaired) electrons. The number of anilines is 1. The van der Waals surface area contributed by atoms with Crippen molar-refractivity contribution in [3.05, 3.63) is 26.8 Å². The molecular formula is C15H18Br2N2O. The molecule has 20 heavy (non-hydrogen) atoms. The summed E-state index contributed by atoms with van der Waals surface area (Å²) < 4.78 is 7.45. The molecule has 2 rings (SSSR count). The molecule has 1 aromatic heterocycles. The quantitative estimate of drug-likeness (QED) is 0.751. The molecule has 108 valence electrons. The van der Waals surface area contributed by atoms with E-state index in [2.05, 4.69) is 57.1 Å². The fourth-order valence-electron chi connectivity index (χ4n) is 2.15. The summed E-state index contributed by atoms with van der Waals surface area (Å²) in [5.74, 6) is 0.817. The third-order valence-corrected chi connectivity index (χ3v) is 4.32. The summed E-state index contributed by atoms with van der Waals surface area (Å²) >= 11 is 7.16. The monoisotopic (exact) mass is 400 g/mol. The van der Waals surface area contributed by atoms with Crippen LogP contribution in [0.1, 0.15) is 26.0 Å². The van der Waals surface area contributed by atoms with Gasteiger partial charge in [-0.2, -0.15) is 0 Å². The first kappa shape index (κ1) is 15.6. The minimum Gasteiger partial charge on any atom is -0.495 e. The van der Waals surface area contributed by atoms with Crippen LogP contribution in [0, 0.1) is 0 Å². The van der Waals surface area contributed by atoms with E-state index in [-0.39, 0.29) is 0 Å². The van der Waals surface area contributed by atoms with Crippen molar-refractivity contribution in [3.8, 4) is 5.75 Å². The van der Waals surface area contributed by atoms with E-state index in [1.807, 2.05) is 6.07 Å². The zero-order chi connectivity index (χ0) is 14.7. The topological polar surface area (TPSA) is 34.2 Å². The number of aryl methyl sites for hydroxylation is 1. The molecule has 0 aliphatic rings. The molecule has 3 nitrogen and oxygen atoms in total. The molecule has 0 aliphatic carbocycles. The van der Waals surface area contributed by atoms with Crippen molar-refractivity contribution < 1.29 is 4.74 Å². The van der Waals surface area contributed by atoms with Gasteiger partial charge in [0.2, 0.25) is 0 Å². The molecule has 1 aromatic carbocycles. The zero-order valence-electron chi connectivity index (χ0n) is 11.9. The molecule has 0 saturated carbocycles. The highest BCUT2D eigenvalue weighted by molar-refractivity contribution is 9.11. The molecule has 2 aromatic rings. The molecule has 0 fully saturated rings. The lowest BCUT2D eigenvalue weighted by atomic mass is 10.1. The van der Waals surface area contributed by atoms with Gasteiger partial charge in [0, 0.05) is 22.4 Å². The van der Waals surface area contributed by atoms with E-state index >= 15 is 0 Å². The van der Waals surface area contributed by atoms with Gasteiger partial charge in [0.1, 0.15) is 5.75 Å². The van der Waals surface area contributed by atoms with Crippen LogP contribution in [0.25, 0.3) is 10.9 Å². The Bertz CT molecular complexity index is 629. The van der Waals surface area contributed by atoms with E-state index in [1.54, 1.807) is 7.11 Å². The van der Waals surface area contributed by atoms with Gasteiger partial charge < -0.3 is 10.1 Å². The molecule has 0 atom stereocenters. The number of hydrogen-bond acceptors (Lipinski definition) is 3. The Balaban J connectivity index is 2.78. The number of nitrogens with one attached hydrogen (secondary N) is 1. The largest absolute Gasteiger partial charge is 0.495 e. The first-order chi connectivity index (χ1) is 9.62. The minimum atomic E-state index is 0.817. The van der Waals surface area contributed by atoms with E-state index in [4.69, 9.17) is 9.72 Å². The maximum Gasteiger partial charge on any atom is 0.144 e. The first-order valence-corrected chi connectivity index (χ1v) is 8.30. The van der Waals surface area contributed by atoms with Gasteiger partial charge in [0.05, 0.1) is 22.5 Å². The molecule has 0 unspecified atom stereocenters. The van der Waals surface area contributed by atoms with Crippen molar-refractivity contribution in [1.29, 1.82) is 0 Å². The van der Waals surface area contributed by atoms with E-state index < -0.39 is 0 Å². The number of benzene rings is 1. The number of pyridine rings is 1. The fraction of sp³-hybridized carbons (Fsp3) is 0.400. The van der Waals surface area contributed by atoms with Crippen LogP contribution < -0.4 is 10.1 Å². The Kier molecular flexibility index (Phi) is 5.27. The van der Waals surface area contributed by atoms with E-state index in [0.29, 0.717) is 0 Å². The number of rotatable bonds is 5. The Morgan fingerprint density at radius 1 is 1.20 bits per heavy atom. The molecule has 0 aliphatic heterocycles. The Hall–Kier alpha value is -0.810. The number of halogens is 2. The van der Waals surface area contributed by atoms with E-state index in [9.17, 15) is 0 Å². The maximum atomic E-state index is 5.56. The van der Waals surface area contributed by atoms with Crippen LogP contribution in [0.2, 0.25) is 0 Å². The number of fused-ring (bicyclic) bond motifs is 1. The van der Waals surface area contributed by atoms with E-state index in [0.717, 1.165) is 56.4 Å². The average Bonchev–Trinajstić information content (AvgIpc) is 2.45. The van der Waals surface area contributed by atoms with Gasteiger partial charge in [-0.05, 0) is 56.8 Å². The van der Waals surface area contributed by atoms with Gasteiger partial charge in [-0.1, -0.05) is 13.8 Å². The first-order valence-electron chi connectivity index (χ1n) is 6.71.